The first-order valence-electron chi connectivity index (χ1n) is 7.07. The van der Waals surface area contributed by atoms with Crippen LogP contribution in [-0.2, 0) is 4.74 Å². The van der Waals surface area contributed by atoms with Gasteiger partial charge in [0, 0.05) is 0 Å². The van der Waals surface area contributed by atoms with Crippen LogP contribution in [0.15, 0.2) is 12.2 Å². The molecule has 3 aliphatic rings. The monoisotopic (exact) mass is 220 g/mol. The van der Waals surface area contributed by atoms with Crippen molar-refractivity contribution in [2.45, 2.75) is 64.6 Å². The number of rotatable bonds is 3. The highest BCUT2D eigenvalue weighted by Gasteiger charge is 2.54. The molecule has 5 atom stereocenters. The fourth-order valence-electron chi connectivity index (χ4n) is 4.31. The lowest BCUT2D eigenvalue weighted by atomic mass is 9.68. The van der Waals surface area contributed by atoms with E-state index < -0.39 is 0 Å². The predicted octanol–water partition coefficient (Wildman–Crippen LogP) is 3.94. The van der Waals surface area contributed by atoms with Gasteiger partial charge in [-0.15, -0.1) is 0 Å². The van der Waals surface area contributed by atoms with Crippen molar-refractivity contribution in [1.29, 1.82) is 0 Å². The van der Waals surface area contributed by atoms with Crippen LogP contribution in [0.5, 0.6) is 0 Å². The second-order valence-electron chi connectivity index (χ2n) is 6.16. The van der Waals surface area contributed by atoms with Crippen molar-refractivity contribution >= 4 is 0 Å². The number of allylic oxidation sites excluding steroid dienone is 2. The van der Waals surface area contributed by atoms with Crippen LogP contribution in [0.2, 0.25) is 0 Å². The fraction of sp³-hybridized carbons (Fsp3) is 0.867. The van der Waals surface area contributed by atoms with Crippen molar-refractivity contribution < 1.29 is 4.74 Å². The van der Waals surface area contributed by atoms with Crippen LogP contribution in [0.4, 0.5) is 0 Å². The Morgan fingerprint density at radius 3 is 3.00 bits per heavy atom. The van der Waals surface area contributed by atoms with Crippen LogP contribution in [0.3, 0.4) is 0 Å². The summed E-state index contributed by atoms with van der Waals surface area (Å²) in [7, 11) is 0. The minimum Gasteiger partial charge on any atom is -0.375 e. The zero-order chi connectivity index (χ0) is 11.2. The molecule has 0 heterocycles. The molecule has 5 unspecified atom stereocenters. The molecule has 1 nitrogen and oxygen atoms in total. The summed E-state index contributed by atoms with van der Waals surface area (Å²) in [5, 5.41) is 0. The molecule has 0 spiro atoms. The van der Waals surface area contributed by atoms with Crippen LogP contribution < -0.4 is 0 Å². The van der Waals surface area contributed by atoms with Crippen LogP contribution in [-0.4, -0.2) is 12.2 Å². The lowest BCUT2D eigenvalue weighted by Crippen LogP contribution is -2.38. The number of ether oxygens (including phenoxy) is 1. The maximum atomic E-state index is 6.24. The van der Waals surface area contributed by atoms with Crippen LogP contribution in [0.25, 0.3) is 0 Å². The smallest absolute Gasteiger partial charge is 0.0612 e. The summed E-state index contributed by atoms with van der Waals surface area (Å²) in [5.41, 5.74) is 0.681. The summed E-state index contributed by atoms with van der Waals surface area (Å²) in [5.74, 6) is 1.69. The van der Waals surface area contributed by atoms with Gasteiger partial charge in [-0.3, -0.25) is 0 Å². The summed E-state index contributed by atoms with van der Waals surface area (Å²) in [6, 6.07) is 0. The summed E-state index contributed by atoms with van der Waals surface area (Å²) >= 11 is 0. The topological polar surface area (TPSA) is 9.23 Å². The van der Waals surface area contributed by atoms with Crippen molar-refractivity contribution in [3.8, 4) is 0 Å². The van der Waals surface area contributed by atoms with Gasteiger partial charge in [0.25, 0.3) is 0 Å². The first-order valence-corrected chi connectivity index (χ1v) is 7.07. The van der Waals surface area contributed by atoms with Crippen LogP contribution in [0, 0.1) is 17.3 Å². The van der Waals surface area contributed by atoms with Gasteiger partial charge in [0.1, 0.15) is 0 Å². The highest BCUT2D eigenvalue weighted by Crippen LogP contribution is 2.61. The van der Waals surface area contributed by atoms with Crippen molar-refractivity contribution in [3.63, 3.8) is 0 Å². The van der Waals surface area contributed by atoms with E-state index in [4.69, 9.17) is 4.74 Å². The van der Waals surface area contributed by atoms with Crippen molar-refractivity contribution in [1.82, 2.24) is 0 Å². The first-order chi connectivity index (χ1) is 7.75. The minimum absolute atomic E-state index is 0.448. The second-order valence-corrected chi connectivity index (χ2v) is 6.16. The Bertz CT molecular complexity index is 296. The van der Waals surface area contributed by atoms with Gasteiger partial charge in [-0.25, -0.2) is 0 Å². The Hall–Kier alpha value is -0.300. The molecule has 3 aliphatic carbocycles. The molecular formula is C15H24O. The van der Waals surface area contributed by atoms with Gasteiger partial charge in [-0.2, -0.15) is 0 Å². The summed E-state index contributed by atoms with van der Waals surface area (Å²) in [6.07, 6.45) is 14.0. The van der Waals surface area contributed by atoms with Crippen molar-refractivity contribution in [2.75, 3.05) is 0 Å². The van der Waals surface area contributed by atoms with E-state index in [1.807, 2.05) is 0 Å². The summed E-state index contributed by atoms with van der Waals surface area (Å²) in [4.78, 5) is 0. The molecule has 2 bridgehead atoms. The van der Waals surface area contributed by atoms with Gasteiger partial charge < -0.3 is 4.74 Å². The third-order valence-electron chi connectivity index (χ3n) is 5.40. The van der Waals surface area contributed by atoms with Crippen LogP contribution >= 0.6 is 0 Å². The highest BCUT2D eigenvalue weighted by molar-refractivity contribution is 5.17. The molecule has 0 saturated heterocycles. The maximum Gasteiger partial charge on any atom is 0.0612 e. The quantitative estimate of drug-likeness (QED) is 0.655. The van der Waals surface area contributed by atoms with Gasteiger partial charge in [0.2, 0.25) is 0 Å². The molecule has 0 radical (unpaired) electrons. The molecule has 0 aromatic heterocycles. The van der Waals surface area contributed by atoms with E-state index in [-0.39, 0.29) is 0 Å². The molecule has 2 fully saturated rings. The Morgan fingerprint density at radius 1 is 1.38 bits per heavy atom. The van der Waals surface area contributed by atoms with Gasteiger partial charge in [0.15, 0.2) is 0 Å². The predicted molar refractivity (Wildman–Crippen MR) is 66.3 cm³/mol. The van der Waals surface area contributed by atoms with Crippen molar-refractivity contribution in [3.05, 3.63) is 12.2 Å². The molecule has 1 heteroatoms. The zero-order valence-corrected chi connectivity index (χ0v) is 10.6. The van der Waals surface area contributed by atoms with Gasteiger partial charge in [-0.1, -0.05) is 19.1 Å². The Morgan fingerprint density at radius 2 is 2.19 bits per heavy atom. The normalized spacial score (nSPS) is 47.0. The van der Waals surface area contributed by atoms with Crippen LogP contribution in [0.1, 0.15) is 52.4 Å². The summed E-state index contributed by atoms with van der Waals surface area (Å²) < 4.78 is 6.24. The molecule has 0 aliphatic heterocycles. The Balaban J connectivity index is 1.73. The Labute approximate surface area is 99.3 Å². The fourth-order valence-corrected chi connectivity index (χ4v) is 4.31. The first kappa shape index (κ1) is 10.8. The van der Waals surface area contributed by atoms with E-state index in [9.17, 15) is 0 Å². The van der Waals surface area contributed by atoms with E-state index in [2.05, 4.69) is 26.0 Å². The molecule has 0 aromatic carbocycles. The van der Waals surface area contributed by atoms with E-state index >= 15 is 0 Å². The molecule has 16 heavy (non-hydrogen) atoms. The second kappa shape index (κ2) is 3.87. The number of hydrogen-bond acceptors (Lipinski definition) is 1. The molecule has 0 N–H and O–H groups in total. The van der Waals surface area contributed by atoms with Crippen molar-refractivity contribution in [2.24, 2.45) is 17.3 Å². The van der Waals surface area contributed by atoms with E-state index in [0.29, 0.717) is 17.6 Å². The molecule has 0 aromatic rings. The highest BCUT2D eigenvalue weighted by atomic mass is 16.5. The largest absolute Gasteiger partial charge is 0.375 e. The lowest BCUT2D eigenvalue weighted by molar-refractivity contribution is -0.0710. The van der Waals surface area contributed by atoms with E-state index in [1.54, 1.807) is 0 Å². The average molecular weight is 220 g/mol. The molecule has 90 valence electrons. The van der Waals surface area contributed by atoms with Gasteiger partial charge in [-0.05, 0) is 62.7 Å². The van der Waals surface area contributed by atoms with Gasteiger partial charge in [0.05, 0.1) is 12.2 Å². The zero-order valence-electron chi connectivity index (χ0n) is 10.6. The summed E-state index contributed by atoms with van der Waals surface area (Å²) in [6.45, 7) is 4.45. The van der Waals surface area contributed by atoms with E-state index in [0.717, 1.165) is 18.3 Å². The average Bonchev–Trinajstić information content (AvgIpc) is 2.78. The third kappa shape index (κ3) is 1.48. The van der Waals surface area contributed by atoms with Gasteiger partial charge >= 0.3 is 0 Å². The molecule has 2 saturated carbocycles. The molecular weight excluding hydrogens is 196 g/mol. The SMILES string of the molecule is CCC(C)OC1CCC23CC=CC2C1CC3. The third-order valence-corrected chi connectivity index (χ3v) is 5.40. The standard InChI is InChI=1S/C15H24O/c1-3-11(2)16-14-7-10-15-8-4-5-13(15)12(14)6-9-15/h4-5,11-14H,3,6-10H2,1-2H3. The minimum atomic E-state index is 0.448. The lowest BCUT2D eigenvalue weighted by Gasteiger charge is -2.41. The Kier molecular flexibility index (Phi) is 2.62. The molecule has 0 amide bonds. The van der Waals surface area contributed by atoms with E-state index in [1.165, 1.54) is 32.1 Å². The molecule has 3 rings (SSSR count). The maximum absolute atomic E-state index is 6.24. The number of hydrogen-bond donors (Lipinski definition) is 0.